The monoisotopic (exact) mass is 264 g/mol. The van der Waals surface area contributed by atoms with Gasteiger partial charge in [-0.25, -0.2) is 9.67 Å². The van der Waals surface area contributed by atoms with Gasteiger partial charge >= 0.3 is 0 Å². The Labute approximate surface area is 112 Å². The molecule has 0 aromatic carbocycles. The topological polar surface area (TPSA) is 42.7 Å². The lowest BCUT2D eigenvalue weighted by Gasteiger charge is -2.08. The van der Waals surface area contributed by atoms with Crippen molar-refractivity contribution in [3.63, 3.8) is 0 Å². The summed E-state index contributed by atoms with van der Waals surface area (Å²) < 4.78 is 1.74. The zero-order chi connectivity index (χ0) is 13.0. The molecule has 0 aliphatic carbocycles. The molecular formula is C13H17ClN4. The van der Waals surface area contributed by atoms with Crippen LogP contribution in [0, 0.1) is 6.92 Å². The van der Waals surface area contributed by atoms with E-state index < -0.39 is 0 Å². The second-order valence-electron chi connectivity index (χ2n) is 4.17. The van der Waals surface area contributed by atoms with Crippen LogP contribution in [0.2, 0.25) is 5.02 Å². The predicted molar refractivity (Wildman–Crippen MR) is 73.1 cm³/mol. The van der Waals surface area contributed by atoms with Crippen LogP contribution in [0.3, 0.4) is 0 Å². The van der Waals surface area contributed by atoms with Crippen molar-refractivity contribution in [2.75, 3.05) is 6.54 Å². The number of hydrogen-bond donors (Lipinski definition) is 1. The molecule has 0 aliphatic rings. The Hall–Kier alpha value is -1.39. The van der Waals surface area contributed by atoms with Crippen molar-refractivity contribution in [1.82, 2.24) is 20.1 Å². The average molecular weight is 265 g/mol. The highest BCUT2D eigenvalue weighted by Gasteiger charge is 2.09. The molecule has 0 saturated carbocycles. The number of aryl methyl sites for hydroxylation is 1. The summed E-state index contributed by atoms with van der Waals surface area (Å²) >= 11 is 6.03. The van der Waals surface area contributed by atoms with Crippen LogP contribution in [0.4, 0.5) is 0 Å². The average Bonchev–Trinajstić information content (AvgIpc) is 2.70. The SMILES string of the molecule is CCCNCc1cccnc1-n1cc(Cl)c(C)n1. The standard InChI is InChI=1S/C13H17ClN4/c1-3-6-15-8-11-5-4-7-16-13(11)18-9-12(14)10(2)17-18/h4-5,7,9,15H,3,6,8H2,1-2H3. The lowest BCUT2D eigenvalue weighted by molar-refractivity contribution is 0.666. The van der Waals surface area contributed by atoms with E-state index in [1.54, 1.807) is 17.1 Å². The molecular weight excluding hydrogens is 248 g/mol. The summed E-state index contributed by atoms with van der Waals surface area (Å²) in [4.78, 5) is 4.38. The molecule has 5 heteroatoms. The molecule has 0 fully saturated rings. The molecule has 0 amide bonds. The van der Waals surface area contributed by atoms with E-state index in [4.69, 9.17) is 11.6 Å². The Morgan fingerprint density at radius 2 is 2.28 bits per heavy atom. The van der Waals surface area contributed by atoms with Crippen LogP contribution < -0.4 is 5.32 Å². The zero-order valence-electron chi connectivity index (χ0n) is 10.7. The van der Waals surface area contributed by atoms with Gasteiger partial charge in [-0.05, 0) is 26.0 Å². The van der Waals surface area contributed by atoms with Crippen molar-refractivity contribution in [2.45, 2.75) is 26.8 Å². The predicted octanol–water partition coefficient (Wildman–Crippen LogP) is 2.73. The Kier molecular flexibility index (Phi) is 4.33. The maximum atomic E-state index is 6.03. The third kappa shape index (κ3) is 2.89. The van der Waals surface area contributed by atoms with Gasteiger partial charge in [-0.2, -0.15) is 5.10 Å². The number of hydrogen-bond acceptors (Lipinski definition) is 3. The Morgan fingerprint density at radius 3 is 2.94 bits per heavy atom. The number of aromatic nitrogens is 3. The van der Waals surface area contributed by atoms with Crippen LogP contribution in [0.1, 0.15) is 24.6 Å². The lowest BCUT2D eigenvalue weighted by atomic mass is 10.2. The molecule has 0 radical (unpaired) electrons. The zero-order valence-corrected chi connectivity index (χ0v) is 11.4. The van der Waals surface area contributed by atoms with Gasteiger partial charge in [-0.1, -0.05) is 24.6 Å². The van der Waals surface area contributed by atoms with E-state index in [0.29, 0.717) is 5.02 Å². The molecule has 0 unspecified atom stereocenters. The highest BCUT2D eigenvalue weighted by Crippen LogP contribution is 2.17. The van der Waals surface area contributed by atoms with Gasteiger partial charge in [-0.3, -0.25) is 0 Å². The minimum Gasteiger partial charge on any atom is -0.313 e. The van der Waals surface area contributed by atoms with Gasteiger partial charge in [-0.15, -0.1) is 0 Å². The minimum atomic E-state index is 0.660. The maximum Gasteiger partial charge on any atom is 0.157 e. The molecule has 0 bridgehead atoms. The second kappa shape index (κ2) is 5.98. The number of rotatable bonds is 5. The fraction of sp³-hybridized carbons (Fsp3) is 0.385. The van der Waals surface area contributed by atoms with Crippen LogP contribution in [0.5, 0.6) is 0 Å². The maximum absolute atomic E-state index is 6.03. The summed E-state index contributed by atoms with van der Waals surface area (Å²) in [5.41, 5.74) is 1.93. The van der Waals surface area contributed by atoms with Crippen LogP contribution in [0.25, 0.3) is 5.82 Å². The first kappa shape index (κ1) is 13.1. The van der Waals surface area contributed by atoms with E-state index in [1.165, 1.54) is 0 Å². The molecule has 4 nitrogen and oxygen atoms in total. The summed E-state index contributed by atoms with van der Waals surface area (Å²) in [5.74, 6) is 0.830. The fourth-order valence-electron chi connectivity index (χ4n) is 1.72. The number of pyridine rings is 1. The number of nitrogens with one attached hydrogen (secondary N) is 1. The van der Waals surface area contributed by atoms with Crippen molar-refractivity contribution in [1.29, 1.82) is 0 Å². The summed E-state index contributed by atoms with van der Waals surface area (Å²) in [6.07, 6.45) is 4.68. The number of nitrogens with zero attached hydrogens (tertiary/aromatic N) is 3. The molecule has 0 aliphatic heterocycles. The summed E-state index contributed by atoms with van der Waals surface area (Å²) in [5, 5.41) is 8.39. The van der Waals surface area contributed by atoms with Crippen LogP contribution >= 0.6 is 11.6 Å². The van der Waals surface area contributed by atoms with Gasteiger partial charge in [0.2, 0.25) is 0 Å². The molecule has 0 atom stereocenters. The van der Waals surface area contributed by atoms with E-state index in [0.717, 1.165) is 36.6 Å². The first-order valence-electron chi connectivity index (χ1n) is 6.09. The highest BCUT2D eigenvalue weighted by atomic mass is 35.5. The summed E-state index contributed by atoms with van der Waals surface area (Å²) in [6, 6.07) is 3.99. The summed E-state index contributed by atoms with van der Waals surface area (Å²) in [7, 11) is 0. The van der Waals surface area contributed by atoms with Crippen molar-refractivity contribution in [3.8, 4) is 5.82 Å². The highest BCUT2D eigenvalue weighted by molar-refractivity contribution is 6.31. The molecule has 18 heavy (non-hydrogen) atoms. The smallest absolute Gasteiger partial charge is 0.157 e. The summed E-state index contributed by atoms with van der Waals surface area (Å²) in [6.45, 7) is 5.81. The van der Waals surface area contributed by atoms with E-state index >= 15 is 0 Å². The third-order valence-electron chi connectivity index (χ3n) is 2.67. The molecule has 0 saturated heterocycles. The Bertz CT molecular complexity index is 502. The van der Waals surface area contributed by atoms with Gasteiger partial charge in [0.05, 0.1) is 16.9 Å². The molecule has 1 N–H and O–H groups in total. The van der Waals surface area contributed by atoms with Gasteiger partial charge in [0.15, 0.2) is 5.82 Å². The minimum absolute atomic E-state index is 0.660. The first-order valence-corrected chi connectivity index (χ1v) is 6.47. The van der Waals surface area contributed by atoms with Crippen LogP contribution in [0.15, 0.2) is 24.5 Å². The van der Waals surface area contributed by atoms with Gasteiger partial charge in [0.1, 0.15) is 0 Å². The van der Waals surface area contributed by atoms with Crippen molar-refractivity contribution in [3.05, 3.63) is 40.8 Å². The van der Waals surface area contributed by atoms with Crippen molar-refractivity contribution < 1.29 is 0 Å². The largest absolute Gasteiger partial charge is 0.313 e. The molecule has 96 valence electrons. The van der Waals surface area contributed by atoms with Gasteiger partial charge in [0.25, 0.3) is 0 Å². The van der Waals surface area contributed by atoms with E-state index in [2.05, 4.69) is 28.4 Å². The molecule has 0 spiro atoms. The first-order chi connectivity index (χ1) is 8.72. The second-order valence-corrected chi connectivity index (χ2v) is 4.58. The van der Waals surface area contributed by atoms with Crippen LogP contribution in [-0.4, -0.2) is 21.3 Å². The van der Waals surface area contributed by atoms with E-state index in [1.807, 2.05) is 13.0 Å². The van der Waals surface area contributed by atoms with Crippen LogP contribution in [-0.2, 0) is 6.54 Å². The van der Waals surface area contributed by atoms with Gasteiger partial charge in [0, 0.05) is 18.3 Å². The third-order valence-corrected chi connectivity index (χ3v) is 3.04. The number of halogens is 1. The van der Waals surface area contributed by atoms with Crippen molar-refractivity contribution >= 4 is 11.6 Å². The molecule has 2 aromatic heterocycles. The Balaban J connectivity index is 2.26. The fourth-order valence-corrected chi connectivity index (χ4v) is 1.85. The van der Waals surface area contributed by atoms with E-state index in [-0.39, 0.29) is 0 Å². The quantitative estimate of drug-likeness (QED) is 0.845. The molecule has 2 aromatic rings. The Morgan fingerprint density at radius 1 is 1.44 bits per heavy atom. The molecule has 2 heterocycles. The van der Waals surface area contributed by atoms with Crippen molar-refractivity contribution in [2.24, 2.45) is 0 Å². The lowest BCUT2D eigenvalue weighted by Crippen LogP contribution is -2.16. The van der Waals surface area contributed by atoms with Gasteiger partial charge < -0.3 is 5.32 Å². The molecule has 2 rings (SSSR count). The van der Waals surface area contributed by atoms with E-state index in [9.17, 15) is 0 Å². The normalized spacial score (nSPS) is 10.8.